The first-order valence-corrected chi connectivity index (χ1v) is 9.05. The number of guanidine groups is 1. The first-order valence-electron chi connectivity index (χ1n) is 9.05. The second kappa shape index (κ2) is 11.1. The molecular weight excluding hydrogens is 417 g/mol. The summed E-state index contributed by atoms with van der Waals surface area (Å²) in [5.74, 6) is 1.88. The van der Waals surface area contributed by atoms with E-state index in [0.717, 1.165) is 63.9 Å². The number of halogens is 1. The van der Waals surface area contributed by atoms with E-state index >= 15 is 0 Å². The molecule has 140 valence electrons. The van der Waals surface area contributed by atoms with Crippen LogP contribution in [0.15, 0.2) is 4.99 Å². The van der Waals surface area contributed by atoms with Crippen molar-refractivity contribution in [2.24, 2.45) is 10.9 Å². The molecule has 0 aromatic heterocycles. The molecule has 2 rings (SSSR count). The van der Waals surface area contributed by atoms with Crippen LogP contribution in [0.5, 0.6) is 0 Å². The van der Waals surface area contributed by atoms with Crippen LogP contribution in [0.25, 0.3) is 0 Å². The summed E-state index contributed by atoms with van der Waals surface area (Å²) in [6, 6.07) is 0.463. The summed E-state index contributed by atoms with van der Waals surface area (Å²) in [5.41, 5.74) is 0. The average molecular weight is 451 g/mol. The van der Waals surface area contributed by atoms with Crippen molar-refractivity contribution in [1.82, 2.24) is 20.4 Å². The third-order valence-corrected chi connectivity index (χ3v) is 4.31. The van der Waals surface area contributed by atoms with Gasteiger partial charge in [-0.25, -0.2) is 0 Å². The highest BCUT2D eigenvalue weighted by Crippen LogP contribution is 2.18. The summed E-state index contributed by atoms with van der Waals surface area (Å²) in [6.45, 7) is 10.8. The lowest BCUT2D eigenvalue weighted by Crippen LogP contribution is -2.53. The molecule has 1 saturated heterocycles. The highest BCUT2D eigenvalue weighted by molar-refractivity contribution is 14.0. The summed E-state index contributed by atoms with van der Waals surface area (Å²) in [7, 11) is 1.84. The first-order chi connectivity index (χ1) is 11.1. The molecule has 2 aliphatic rings. The number of piperazine rings is 1. The molecule has 24 heavy (non-hydrogen) atoms. The molecule has 2 N–H and O–H groups in total. The number of rotatable bonds is 7. The number of nitrogens with one attached hydrogen (secondary N) is 2. The van der Waals surface area contributed by atoms with Gasteiger partial charge in [-0.2, -0.15) is 0 Å². The topological polar surface area (TPSA) is 60.0 Å². The molecule has 1 aliphatic carbocycles. The van der Waals surface area contributed by atoms with Crippen molar-refractivity contribution in [2.45, 2.75) is 45.6 Å². The lowest BCUT2D eigenvalue weighted by Gasteiger charge is -2.37. The summed E-state index contributed by atoms with van der Waals surface area (Å²) >= 11 is 0. The van der Waals surface area contributed by atoms with Crippen LogP contribution in [0.4, 0.5) is 0 Å². The van der Waals surface area contributed by atoms with Gasteiger partial charge in [0.1, 0.15) is 0 Å². The van der Waals surface area contributed by atoms with Gasteiger partial charge < -0.3 is 15.5 Å². The molecule has 2 fully saturated rings. The predicted molar refractivity (Wildman–Crippen MR) is 110 cm³/mol. The van der Waals surface area contributed by atoms with Crippen molar-refractivity contribution in [3.63, 3.8) is 0 Å². The Bertz CT molecular complexity index is 404. The highest BCUT2D eigenvalue weighted by atomic mass is 127. The lowest BCUT2D eigenvalue weighted by molar-refractivity contribution is -0.121. The number of amides is 1. The predicted octanol–water partition coefficient (Wildman–Crippen LogP) is 1.51. The molecule has 1 saturated carbocycles. The van der Waals surface area contributed by atoms with Crippen molar-refractivity contribution in [3.8, 4) is 0 Å². The van der Waals surface area contributed by atoms with Crippen molar-refractivity contribution < 1.29 is 4.79 Å². The Morgan fingerprint density at radius 1 is 1.21 bits per heavy atom. The van der Waals surface area contributed by atoms with E-state index in [-0.39, 0.29) is 29.9 Å². The third kappa shape index (κ3) is 8.00. The molecule has 1 heterocycles. The monoisotopic (exact) mass is 451 g/mol. The van der Waals surface area contributed by atoms with Gasteiger partial charge in [-0.15, -0.1) is 24.0 Å². The van der Waals surface area contributed by atoms with E-state index in [4.69, 9.17) is 0 Å². The van der Waals surface area contributed by atoms with E-state index in [1.807, 2.05) is 7.05 Å². The molecule has 0 aromatic rings. The van der Waals surface area contributed by atoms with Gasteiger partial charge in [-0.05, 0) is 25.2 Å². The number of nitrogens with zero attached hydrogens (tertiary/aromatic N) is 3. The first kappa shape index (κ1) is 21.5. The largest absolute Gasteiger partial charge is 0.356 e. The minimum Gasteiger partial charge on any atom is -0.356 e. The summed E-state index contributed by atoms with van der Waals surface area (Å²) in [5, 5.41) is 6.42. The Hall–Kier alpha value is -0.570. The van der Waals surface area contributed by atoms with Crippen LogP contribution in [0.2, 0.25) is 0 Å². The number of hydrogen-bond acceptors (Lipinski definition) is 3. The van der Waals surface area contributed by atoms with Gasteiger partial charge >= 0.3 is 0 Å². The highest BCUT2D eigenvalue weighted by Gasteiger charge is 2.23. The van der Waals surface area contributed by atoms with Crippen LogP contribution in [-0.2, 0) is 4.79 Å². The fraction of sp³-hybridized carbons (Fsp3) is 0.882. The van der Waals surface area contributed by atoms with Crippen LogP contribution in [0.1, 0.15) is 39.5 Å². The standard InChI is InChI=1S/C17H33N5O.HI/c1-14(2)13-21-9-11-22(12-10-21)17(18-3)19-8-4-5-16(23)20-15-6-7-15;/h14-15H,4-13H2,1-3H3,(H,18,19)(H,20,23);1H. The van der Waals surface area contributed by atoms with Crippen molar-refractivity contribution >= 4 is 35.8 Å². The van der Waals surface area contributed by atoms with Crippen LogP contribution < -0.4 is 10.6 Å². The van der Waals surface area contributed by atoms with Crippen molar-refractivity contribution in [2.75, 3.05) is 46.3 Å². The van der Waals surface area contributed by atoms with Gasteiger partial charge in [0.15, 0.2) is 5.96 Å². The van der Waals surface area contributed by atoms with Gasteiger partial charge in [-0.1, -0.05) is 13.8 Å². The molecule has 0 bridgehead atoms. The number of carbonyl (C=O) groups is 1. The second-order valence-corrected chi connectivity index (χ2v) is 7.10. The molecule has 7 heteroatoms. The SMILES string of the molecule is CN=C(NCCCC(=O)NC1CC1)N1CCN(CC(C)C)CC1.I. The van der Waals surface area contributed by atoms with Crippen LogP contribution in [0.3, 0.4) is 0 Å². The van der Waals surface area contributed by atoms with E-state index in [0.29, 0.717) is 12.5 Å². The summed E-state index contributed by atoms with van der Waals surface area (Å²) in [6.07, 6.45) is 3.76. The number of aliphatic imine (C=N–C) groups is 1. The van der Waals surface area contributed by atoms with E-state index in [1.165, 1.54) is 6.54 Å². The summed E-state index contributed by atoms with van der Waals surface area (Å²) in [4.78, 5) is 20.9. The van der Waals surface area contributed by atoms with Crippen LogP contribution in [0, 0.1) is 5.92 Å². The van der Waals surface area contributed by atoms with Gasteiger partial charge in [0.05, 0.1) is 0 Å². The average Bonchev–Trinajstić information content (AvgIpc) is 3.32. The van der Waals surface area contributed by atoms with Gasteiger partial charge in [-0.3, -0.25) is 14.7 Å². The normalized spacial score (nSPS) is 19.2. The van der Waals surface area contributed by atoms with Gasteiger partial charge in [0, 0.05) is 58.8 Å². The molecule has 0 radical (unpaired) electrons. The Labute approximate surface area is 163 Å². The molecule has 0 aromatic carbocycles. The Morgan fingerprint density at radius 3 is 2.42 bits per heavy atom. The van der Waals surface area contributed by atoms with Crippen LogP contribution >= 0.6 is 24.0 Å². The molecule has 1 amide bonds. The van der Waals surface area contributed by atoms with E-state index in [9.17, 15) is 4.79 Å². The van der Waals surface area contributed by atoms with Gasteiger partial charge in [0.25, 0.3) is 0 Å². The zero-order valence-electron chi connectivity index (χ0n) is 15.4. The minimum absolute atomic E-state index is 0. The van der Waals surface area contributed by atoms with Crippen LogP contribution in [-0.4, -0.2) is 74.0 Å². The Balaban J connectivity index is 0.00000288. The van der Waals surface area contributed by atoms with E-state index in [2.05, 4.69) is 39.3 Å². The fourth-order valence-corrected chi connectivity index (χ4v) is 2.97. The van der Waals surface area contributed by atoms with Gasteiger partial charge in [0.2, 0.25) is 5.91 Å². The summed E-state index contributed by atoms with van der Waals surface area (Å²) < 4.78 is 0. The zero-order chi connectivity index (χ0) is 16.7. The maximum atomic E-state index is 11.6. The Morgan fingerprint density at radius 2 is 1.88 bits per heavy atom. The molecule has 0 unspecified atom stereocenters. The smallest absolute Gasteiger partial charge is 0.220 e. The number of carbonyl (C=O) groups excluding carboxylic acids is 1. The molecular formula is C17H34IN5O. The maximum absolute atomic E-state index is 11.6. The quantitative estimate of drug-likeness (QED) is 0.267. The Kier molecular flexibility index (Phi) is 9.95. The maximum Gasteiger partial charge on any atom is 0.220 e. The van der Waals surface area contributed by atoms with E-state index < -0.39 is 0 Å². The van der Waals surface area contributed by atoms with E-state index in [1.54, 1.807) is 0 Å². The van der Waals surface area contributed by atoms with Crippen molar-refractivity contribution in [3.05, 3.63) is 0 Å². The molecule has 0 atom stereocenters. The van der Waals surface area contributed by atoms with Crippen molar-refractivity contribution in [1.29, 1.82) is 0 Å². The molecule has 1 aliphatic heterocycles. The number of hydrogen-bond donors (Lipinski definition) is 2. The third-order valence-electron chi connectivity index (χ3n) is 4.31. The second-order valence-electron chi connectivity index (χ2n) is 7.10. The fourth-order valence-electron chi connectivity index (χ4n) is 2.97. The zero-order valence-corrected chi connectivity index (χ0v) is 17.7. The lowest BCUT2D eigenvalue weighted by atomic mass is 10.2. The molecule has 0 spiro atoms. The molecule has 6 nitrogen and oxygen atoms in total. The minimum atomic E-state index is 0.